The molecule has 40 valence electrons. The molecule has 0 aromatic carbocycles. The molecule has 1 aliphatic rings. The topological polar surface area (TPSA) is 35.0 Å². The molecule has 0 bridgehead atoms. The van der Waals surface area contributed by atoms with Crippen LogP contribution in [0.4, 0.5) is 0 Å². The van der Waals surface area contributed by atoms with E-state index in [9.17, 15) is 0 Å². The van der Waals surface area contributed by atoms with E-state index >= 15 is 0 Å². The van der Waals surface area contributed by atoms with Crippen LogP contribution in [-0.2, 0) is 0 Å². The number of rotatable bonds is 0. The minimum absolute atomic E-state index is 0. The zero-order valence-corrected chi connectivity index (χ0v) is 4.43. The lowest BCUT2D eigenvalue weighted by Crippen LogP contribution is -1.67. The van der Waals surface area contributed by atoms with Gasteiger partial charge >= 0.3 is 0 Å². The van der Waals surface area contributed by atoms with Gasteiger partial charge in [0, 0.05) is 0 Å². The van der Waals surface area contributed by atoms with Gasteiger partial charge in [-0.1, -0.05) is 24.3 Å². The van der Waals surface area contributed by atoms with Gasteiger partial charge in [-0.25, -0.2) is 0 Å². The second-order valence-electron chi connectivity index (χ2n) is 1.43. The van der Waals surface area contributed by atoms with Gasteiger partial charge in [-0.05, 0) is 12.8 Å². The summed E-state index contributed by atoms with van der Waals surface area (Å²) in [4.78, 5) is 0. The van der Waals surface area contributed by atoms with Gasteiger partial charge < -0.3 is 6.15 Å². The summed E-state index contributed by atoms with van der Waals surface area (Å²) in [5.41, 5.74) is 0. The van der Waals surface area contributed by atoms with Crippen LogP contribution in [0.25, 0.3) is 0 Å². The zero-order chi connectivity index (χ0) is 4.24. The standard InChI is InChI=1S/C6H8.H3N/c1-2-4-6-5-3-1;/h1-4H,5-6H2;1H3. The summed E-state index contributed by atoms with van der Waals surface area (Å²) in [7, 11) is 0. The normalized spacial score (nSPS) is 16.0. The molecule has 0 aromatic heterocycles. The molecule has 1 rings (SSSR count). The third kappa shape index (κ3) is 2.18. The molecule has 0 amide bonds. The van der Waals surface area contributed by atoms with Crippen molar-refractivity contribution in [3.8, 4) is 0 Å². The second-order valence-corrected chi connectivity index (χ2v) is 1.43. The predicted molar refractivity (Wildman–Crippen MR) is 32.5 cm³/mol. The molecule has 0 aromatic rings. The molecule has 0 aliphatic heterocycles. The maximum atomic E-state index is 2.18. The van der Waals surface area contributed by atoms with Crippen molar-refractivity contribution in [3.63, 3.8) is 0 Å². The van der Waals surface area contributed by atoms with E-state index in [0.717, 1.165) is 0 Å². The highest BCUT2D eigenvalue weighted by Crippen LogP contribution is 1.98. The third-order valence-electron chi connectivity index (χ3n) is 0.883. The number of hydrogen-bond donors (Lipinski definition) is 1. The molecule has 7 heavy (non-hydrogen) atoms. The molecule has 0 saturated carbocycles. The second kappa shape index (κ2) is 3.62. The molecule has 3 N–H and O–H groups in total. The SMILES string of the molecule is C1=CCCC=C1.N. The Bertz CT molecular complexity index is 70.2. The first-order valence-electron chi connectivity index (χ1n) is 2.32. The molecule has 0 atom stereocenters. The molecular weight excluding hydrogens is 86.1 g/mol. The van der Waals surface area contributed by atoms with Gasteiger partial charge in [-0.15, -0.1) is 0 Å². The first-order chi connectivity index (χ1) is 3.00. The molecule has 1 heteroatoms. The highest BCUT2D eigenvalue weighted by atomic mass is 14.0. The van der Waals surface area contributed by atoms with E-state index in [2.05, 4.69) is 24.3 Å². The zero-order valence-electron chi connectivity index (χ0n) is 4.43. The summed E-state index contributed by atoms with van der Waals surface area (Å²) in [6.45, 7) is 0. The fourth-order valence-corrected chi connectivity index (χ4v) is 0.542. The van der Waals surface area contributed by atoms with E-state index in [-0.39, 0.29) is 6.15 Å². The average Bonchev–Trinajstić information content (AvgIpc) is 1.72. The van der Waals surface area contributed by atoms with E-state index in [1.54, 1.807) is 0 Å². The Morgan fingerprint density at radius 1 is 0.857 bits per heavy atom. The molecule has 0 spiro atoms. The monoisotopic (exact) mass is 97.1 g/mol. The van der Waals surface area contributed by atoms with Crippen LogP contribution in [0.1, 0.15) is 12.8 Å². The fourth-order valence-electron chi connectivity index (χ4n) is 0.542. The van der Waals surface area contributed by atoms with Crippen molar-refractivity contribution in [2.45, 2.75) is 12.8 Å². The summed E-state index contributed by atoms with van der Waals surface area (Å²) < 4.78 is 0. The lowest BCUT2D eigenvalue weighted by molar-refractivity contribution is 1.04. The van der Waals surface area contributed by atoms with Crippen molar-refractivity contribution in [2.24, 2.45) is 0 Å². The first-order valence-corrected chi connectivity index (χ1v) is 2.32. The average molecular weight is 97.2 g/mol. The van der Waals surface area contributed by atoms with E-state index in [4.69, 9.17) is 0 Å². The maximum absolute atomic E-state index is 2.18. The minimum Gasteiger partial charge on any atom is -0.344 e. The quantitative estimate of drug-likeness (QED) is 0.493. The van der Waals surface area contributed by atoms with Crippen LogP contribution in [0.2, 0.25) is 0 Å². The Balaban J connectivity index is 0.000000360. The van der Waals surface area contributed by atoms with Crippen LogP contribution in [0.5, 0.6) is 0 Å². The van der Waals surface area contributed by atoms with Gasteiger partial charge in [0.1, 0.15) is 0 Å². The molecule has 1 aliphatic carbocycles. The van der Waals surface area contributed by atoms with Gasteiger partial charge in [-0.3, -0.25) is 0 Å². The third-order valence-corrected chi connectivity index (χ3v) is 0.883. The van der Waals surface area contributed by atoms with Crippen LogP contribution in [0.15, 0.2) is 24.3 Å². The molecule has 0 heterocycles. The summed E-state index contributed by atoms with van der Waals surface area (Å²) >= 11 is 0. The highest BCUT2D eigenvalue weighted by molar-refractivity contribution is 5.07. The minimum atomic E-state index is 0. The Labute approximate surface area is 44.3 Å². The maximum Gasteiger partial charge on any atom is -0.0313 e. The molecule has 0 unspecified atom stereocenters. The molecular formula is C6H11N. The largest absolute Gasteiger partial charge is 0.344 e. The van der Waals surface area contributed by atoms with Crippen molar-refractivity contribution >= 4 is 0 Å². The van der Waals surface area contributed by atoms with E-state index in [1.807, 2.05) is 0 Å². The Morgan fingerprint density at radius 2 is 1.29 bits per heavy atom. The molecule has 0 radical (unpaired) electrons. The van der Waals surface area contributed by atoms with Crippen molar-refractivity contribution in [1.82, 2.24) is 6.15 Å². The van der Waals surface area contributed by atoms with Crippen molar-refractivity contribution in [2.75, 3.05) is 0 Å². The Morgan fingerprint density at radius 3 is 1.43 bits per heavy atom. The van der Waals surface area contributed by atoms with Crippen LogP contribution in [0, 0.1) is 0 Å². The van der Waals surface area contributed by atoms with E-state index in [0.29, 0.717) is 0 Å². The van der Waals surface area contributed by atoms with E-state index < -0.39 is 0 Å². The van der Waals surface area contributed by atoms with Crippen molar-refractivity contribution < 1.29 is 0 Å². The van der Waals surface area contributed by atoms with Gasteiger partial charge in [0.15, 0.2) is 0 Å². The van der Waals surface area contributed by atoms with Crippen LogP contribution < -0.4 is 6.15 Å². The fraction of sp³-hybridized carbons (Fsp3) is 0.333. The predicted octanol–water partition coefficient (Wildman–Crippen LogP) is 2.05. The lowest BCUT2D eigenvalue weighted by atomic mass is 10.2. The van der Waals surface area contributed by atoms with Crippen molar-refractivity contribution in [1.29, 1.82) is 0 Å². The Hall–Kier alpha value is -0.560. The van der Waals surface area contributed by atoms with E-state index in [1.165, 1.54) is 12.8 Å². The summed E-state index contributed by atoms with van der Waals surface area (Å²) in [6, 6.07) is 0. The van der Waals surface area contributed by atoms with Crippen LogP contribution in [-0.4, -0.2) is 0 Å². The summed E-state index contributed by atoms with van der Waals surface area (Å²) in [5, 5.41) is 0. The number of allylic oxidation sites excluding steroid dienone is 4. The highest BCUT2D eigenvalue weighted by Gasteiger charge is 1.77. The molecule has 1 nitrogen and oxygen atoms in total. The summed E-state index contributed by atoms with van der Waals surface area (Å²) in [5.74, 6) is 0. The summed E-state index contributed by atoms with van der Waals surface area (Å²) in [6.07, 6.45) is 11.0. The van der Waals surface area contributed by atoms with Crippen LogP contribution >= 0.6 is 0 Å². The van der Waals surface area contributed by atoms with Gasteiger partial charge in [0.05, 0.1) is 0 Å². The van der Waals surface area contributed by atoms with Gasteiger partial charge in [0.2, 0.25) is 0 Å². The number of hydrogen-bond acceptors (Lipinski definition) is 1. The van der Waals surface area contributed by atoms with Crippen LogP contribution in [0.3, 0.4) is 0 Å². The first kappa shape index (κ1) is 6.44. The van der Waals surface area contributed by atoms with Gasteiger partial charge in [0.25, 0.3) is 0 Å². The lowest BCUT2D eigenvalue weighted by Gasteiger charge is -1.88. The van der Waals surface area contributed by atoms with Gasteiger partial charge in [-0.2, -0.15) is 0 Å². The smallest absolute Gasteiger partial charge is 0.0313 e. The Kier molecular flexibility index (Phi) is 3.33. The molecule has 0 fully saturated rings. The molecule has 0 saturated heterocycles. The van der Waals surface area contributed by atoms with Crippen molar-refractivity contribution in [3.05, 3.63) is 24.3 Å².